The third-order valence-corrected chi connectivity index (χ3v) is 2.84. The van der Waals surface area contributed by atoms with Gasteiger partial charge in [0.2, 0.25) is 5.91 Å². The molecule has 0 heterocycles. The summed E-state index contributed by atoms with van der Waals surface area (Å²) < 4.78 is 6.70. The zero-order chi connectivity index (χ0) is 12.0. The van der Waals surface area contributed by atoms with Crippen molar-refractivity contribution >= 4 is 28.5 Å². The maximum Gasteiger partial charge on any atom is 0.222 e. The Morgan fingerprint density at radius 2 is 1.94 bits per heavy atom. The molecule has 0 aromatic heterocycles. The van der Waals surface area contributed by atoms with E-state index in [1.165, 1.54) is 3.57 Å². The van der Waals surface area contributed by atoms with Crippen LogP contribution in [0.4, 0.5) is 0 Å². The molecule has 0 atom stereocenters. The first kappa shape index (κ1) is 13.3. The van der Waals surface area contributed by atoms with Crippen molar-refractivity contribution in [3.63, 3.8) is 0 Å². The molecule has 4 heteroatoms. The van der Waals surface area contributed by atoms with Crippen LogP contribution >= 0.6 is 22.6 Å². The van der Waals surface area contributed by atoms with Crippen molar-refractivity contribution in [2.45, 2.75) is 12.8 Å². The van der Waals surface area contributed by atoms with Gasteiger partial charge in [-0.25, -0.2) is 0 Å². The topological polar surface area (TPSA) is 29.5 Å². The van der Waals surface area contributed by atoms with Crippen molar-refractivity contribution in [1.29, 1.82) is 0 Å². The molecule has 0 aliphatic rings. The highest BCUT2D eigenvalue weighted by Gasteiger charge is 2.03. The van der Waals surface area contributed by atoms with Gasteiger partial charge in [-0.3, -0.25) is 4.79 Å². The van der Waals surface area contributed by atoms with E-state index in [0.29, 0.717) is 13.0 Å². The van der Waals surface area contributed by atoms with E-state index >= 15 is 0 Å². The molecule has 3 nitrogen and oxygen atoms in total. The lowest BCUT2D eigenvalue weighted by Crippen LogP contribution is -2.21. The molecule has 1 aromatic carbocycles. The number of halogens is 1. The van der Waals surface area contributed by atoms with Crippen LogP contribution in [0.15, 0.2) is 24.3 Å². The molecule has 0 N–H and O–H groups in total. The smallest absolute Gasteiger partial charge is 0.222 e. The van der Waals surface area contributed by atoms with Crippen molar-refractivity contribution in [3.05, 3.63) is 27.8 Å². The van der Waals surface area contributed by atoms with Crippen LogP contribution in [0.5, 0.6) is 5.75 Å². The summed E-state index contributed by atoms with van der Waals surface area (Å²) in [7, 11) is 3.53. The largest absolute Gasteiger partial charge is 0.494 e. The Balaban J connectivity index is 2.21. The molecule has 0 aliphatic heterocycles. The molecule has 0 aliphatic carbocycles. The Hall–Kier alpha value is -0.780. The Morgan fingerprint density at radius 1 is 1.31 bits per heavy atom. The molecule has 0 saturated heterocycles. The molecule has 16 heavy (non-hydrogen) atoms. The summed E-state index contributed by atoms with van der Waals surface area (Å²) in [6, 6.07) is 7.88. The summed E-state index contributed by atoms with van der Waals surface area (Å²) in [6.07, 6.45) is 1.29. The van der Waals surface area contributed by atoms with Crippen LogP contribution in [0.2, 0.25) is 0 Å². The summed E-state index contributed by atoms with van der Waals surface area (Å²) in [5.74, 6) is 1.00. The van der Waals surface area contributed by atoms with Crippen molar-refractivity contribution in [3.8, 4) is 5.75 Å². The molecular weight excluding hydrogens is 317 g/mol. The molecule has 0 saturated carbocycles. The predicted molar refractivity (Wildman–Crippen MR) is 72.6 cm³/mol. The van der Waals surface area contributed by atoms with Crippen molar-refractivity contribution in [2.24, 2.45) is 0 Å². The number of carbonyl (C=O) groups is 1. The molecule has 1 amide bonds. The van der Waals surface area contributed by atoms with E-state index in [1.807, 2.05) is 24.3 Å². The predicted octanol–water partition coefficient (Wildman–Crippen LogP) is 2.54. The van der Waals surface area contributed by atoms with Gasteiger partial charge in [0.1, 0.15) is 5.75 Å². The third kappa shape index (κ3) is 4.83. The zero-order valence-corrected chi connectivity index (χ0v) is 11.7. The summed E-state index contributed by atoms with van der Waals surface area (Å²) >= 11 is 2.25. The van der Waals surface area contributed by atoms with Gasteiger partial charge in [-0.05, 0) is 53.3 Å². The first-order valence-electron chi connectivity index (χ1n) is 5.18. The second-order valence-electron chi connectivity index (χ2n) is 3.69. The summed E-state index contributed by atoms with van der Waals surface area (Å²) in [5.41, 5.74) is 0. The molecule has 1 rings (SSSR count). The summed E-state index contributed by atoms with van der Waals surface area (Å²) in [6.45, 7) is 0.584. The van der Waals surface area contributed by atoms with Gasteiger partial charge in [0.15, 0.2) is 0 Å². The second-order valence-corrected chi connectivity index (χ2v) is 4.94. The first-order valence-corrected chi connectivity index (χ1v) is 6.26. The lowest BCUT2D eigenvalue weighted by atomic mass is 10.3. The van der Waals surface area contributed by atoms with Crippen LogP contribution < -0.4 is 4.74 Å². The van der Waals surface area contributed by atoms with Crippen molar-refractivity contribution in [1.82, 2.24) is 4.90 Å². The van der Waals surface area contributed by atoms with Crippen LogP contribution in [0, 0.1) is 3.57 Å². The number of carbonyl (C=O) groups excluding carboxylic acids is 1. The Morgan fingerprint density at radius 3 is 2.50 bits per heavy atom. The molecule has 0 spiro atoms. The Labute approximate surface area is 110 Å². The average Bonchev–Trinajstić information content (AvgIpc) is 2.26. The SMILES string of the molecule is CN(C)C(=O)CCCOc1ccc(I)cc1. The molecule has 0 unspecified atom stereocenters. The molecule has 88 valence electrons. The number of hydrogen-bond donors (Lipinski definition) is 0. The normalized spacial score (nSPS) is 9.94. The van der Waals surface area contributed by atoms with E-state index in [4.69, 9.17) is 4.74 Å². The highest BCUT2D eigenvalue weighted by Crippen LogP contribution is 2.13. The highest BCUT2D eigenvalue weighted by atomic mass is 127. The maximum absolute atomic E-state index is 11.3. The van der Waals surface area contributed by atoms with Gasteiger partial charge >= 0.3 is 0 Å². The molecular formula is C12H16INO2. The Bertz CT molecular complexity index is 335. The zero-order valence-electron chi connectivity index (χ0n) is 9.57. The lowest BCUT2D eigenvalue weighted by molar-refractivity contribution is -0.128. The van der Waals surface area contributed by atoms with E-state index in [1.54, 1.807) is 19.0 Å². The summed E-state index contributed by atoms with van der Waals surface area (Å²) in [4.78, 5) is 12.9. The van der Waals surface area contributed by atoms with Crippen LogP contribution in [0.25, 0.3) is 0 Å². The minimum atomic E-state index is 0.145. The maximum atomic E-state index is 11.3. The highest BCUT2D eigenvalue weighted by molar-refractivity contribution is 14.1. The first-order chi connectivity index (χ1) is 7.59. The third-order valence-electron chi connectivity index (χ3n) is 2.12. The quantitative estimate of drug-likeness (QED) is 0.612. The van der Waals surface area contributed by atoms with Crippen LogP contribution in [0.1, 0.15) is 12.8 Å². The minimum absolute atomic E-state index is 0.145. The van der Waals surface area contributed by atoms with E-state index in [9.17, 15) is 4.79 Å². The van der Waals surface area contributed by atoms with Gasteiger partial charge in [-0.1, -0.05) is 0 Å². The standard InChI is InChI=1S/C12H16INO2/c1-14(2)12(15)4-3-9-16-11-7-5-10(13)6-8-11/h5-8H,3-4,9H2,1-2H3. The molecule has 0 fully saturated rings. The van der Waals surface area contributed by atoms with Gasteiger partial charge in [0.05, 0.1) is 6.61 Å². The fraction of sp³-hybridized carbons (Fsp3) is 0.417. The monoisotopic (exact) mass is 333 g/mol. The second kappa shape index (κ2) is 6.73. The van der Waals surface area contributed by atoms with Crippen LogP contribution in [-0.4, -0.2) is 31.5 Å². The van der Waals surface area contributed by atoms with Crippen LogP contribution in [-0.2, 0) is 4.79 Å². The van der Waals surface area contributed by atoms with E-state index in [2.05, 4.69) is 22.6 Å². The molecule has 0 radical (unpaired) electrons. The average molecular weight is 333 g/mol. The van der Waals surface area contributed by atoms with Crippen molar-refractivity contribution < 1.29 is 9.53 Å². The fourth-order valence-corrected chi connectivity index (χ4v) is 1.53. The number of nitrogens with zero attached hydrogens (tertiary/aromatic N) is 1. The Kier molecular flexibility index (Phi) is 5.59. The summed E-state index contributed by atoms with van der Waals surface area (Å²) in [5, 5.41) is 0. The van der Waals surface area contributed by atoms with Gasteiger partial charge in [-0.2, -0.15) is 0 Å². The van der Waals surface area contributed by atoms with E-state index in [0.717, 1.165) is 12.2 Å². The van der Waals surface area contributed by atoms with Crippen molar-refractivity contribution in [2.75, 3.05) is 20.7 Å². The van der Waals surface area contributed by atoms with Crippen LogP contribution in [0.3, 0.4) is 0 Å². The van der Waals surface area contributed by atoms with Gasteiger partial charge in [0, 0.05) is 24.1 Å². The molecule has 1 aromatic rings. The minimum Gasteiger partial charge on any atom is -0.494 e. The molecule has 0 bridgehead atoms. The fourth-order valence-electron chi connectivity index (χ4n) is 1.17. The number of amides is 1. The number of hydrogen-bond acceptors (Lipinski definition) is 2. The lowest BCUT2D eigenvalue weighted by Gasteiger charge is -2.10. The van der Waals surface area contributed by atoms with Gasteiger partial charge in [0.25, 0.3) is 0 Å². The van der Waals surface area contributed by atoms with E-state index in [-0.39, 0.29) is 5.91 Å². The number of ether oxygens (including phenoxy) is 1. The van der Waals surface area contributed by atoms with Gasteiger partial charge in [-0.15, -0.1) is 0 Å². The number of rotatable bonds is 5. The van der Waals surface area contributed by atoms with Gasteiger partial charge < -0.3 is 9.64 Å². The van der Waals surface area contributed by atoms with E-state index < -0.39 is 0 Å². The number of benzene rings is 1.